The number of carbonyl (C=O) groups excluding carboxylic acids is 2. The Balaban J connectivity index is 1.63. The van der Waals surface area contributed by atoms with Crippen LogP contribution in [0, 0.1) is 0 Å². The van der Waals surface area contributed by atoms with Crippen molar-refractivity contribution in [2.75, 3.05) is 7.11 Å². The minimum atomic E-state index is -0.866. The van der Waals surface area contributed by atoms with E-state index < -0.39 is 12.1 Å². The van der Waals surface area contributed by atoms with Crippen LogP contribution >= 0.6 is 11.6 Å². The fraction of sp³-hybridized carbons (Fsp3) is 0.333. The molecule has 1 aliphatic carbocycles. The molecule has 1 amide bonds. The Hall–Kier alpha value is -2.73. The van der Waals surface area contributed by atoms with Crippen molar-refractivity contribution in [3.8, 4) is 11.5 Å². The molecule has 0 heterocycles. The Bertz CT molecular complexity index is 866. The highest BCUT2D eigenvalue weighted by atomic mass is 35.5. The zero-order valence-electron chi connectivity index (χ0n) is 15.7. The molecule has 1 saturated carbocycles. The molecule has 3 rings (SSSR count). The Morgan fingerprint density at radius 3 is 2.61 bits per heavy atom. The van der Waals surface area contributed by atoms with Gasteiger partial charge in [0.15, 0.2) is 17.6 Å². The van der Waals surface area contributed by atoms with Crippen molar-refractivity contribution in [3.05, 3.63) is 58.6 Å². The van der Waals surface area contributed by atoms with Gasteiger partial charge in [0, 0.05) is 16.6 Å². The van der Waals surface area contributed by atoms with E-state index >= 15 is 0 Å². The second-order valence-corrected chi connectivity index (χ2v) is 6.98. The van der Waals surface area contributed by atoms with Crippen molar-refractivity contribution in [1.29, 1.82) is 0 Å². The predicted molar refractivity (Wildman–Crippen MR) is 105 cm³/mol. The Morgan fingerprint density at radius 2 is 1.93 bits per heavy atom. The maximum atomic E-state index is 12.3. The largest absolute Gasteiger partial charge is 0.493 e. The molecule has 28 heavy (non-hydrogen) atoms. The molecule has 1 fully saturated rings. The van der Waals surface area contributed by atoms with Crippen LogP contribution in [0.15, 0.2) is 42.5 Å². The fourth-order valence-corrected chi connectivity index (χ4v) is 2.70. The van der Waals surface area contributed by atoms with E-state index in [1.54, 1.807) is 25.1 Å². The number of esters is 1. The SMILES string of the molecule is COc1cc(C(=O)O[C@H](C)C(=O)NC2CC2)ccc1OCc1ccccc1Cl. The summed E-state index contributed by atoms with van der Waals surface area (Å²) < 4.78 is 16.3. The van der Waals surface area contributed by atoms with Gasteiger partial charge in [-0.25, -0.2) is 4.79 Å². The first-order valence-electron chi connectivity index (χ1n) is 9.03. The van der Waals surface area contributed by atoms with Gasteiger partial charge < -0.3 is 19.5 Å². The molecular weight excluding hydrogens is 382 g/mol. The molecule has 1 aliphatic rings. The lowest BCUT2D eigenvalue weighted by atomic mass is 10.2. The molecule has 0 radical (unpaired) electrons. The van der Waals surface area contributed by atoms with Crippen LogP contribution in [0.3, 0.4) is 0 Å². The summed E-state index contributed by atoms with van der Waals surface area (Å²) in [6.07, 6.45) is 1.08. The van der Waals surface area contributed by atoms with E-state index in [9.17, 15) is 9.59 Å². The van der Waals surface area contributed by atoms with Crippen LogP contribution in [0.5, 0.6) is 11.5 Å². The Kier molecular flexibility index (Phi) is 6.41. The fourth-order valence-electron chi connectivity index (χ4n) is 2.51. The minimum absolute atomic E-state index is 0.211. The van der Waals surface area contributed by atoms with Crippen LogP contribution in [-0.2, 0) is 16.1 Å². The maximum absolute atomic E-state index is 12.3. The number of carbonyl (C=O) groups is 2. The highest BCUT2D eigenvalue weighted by molar-refractivity contribution is 6.31. The van der Waals surface area contributed by atoms with Gasteiger partial charge in [0.25, 0.3) is 5.91 Å². The molecule has 0 aromatic heterocycles. The highest BCUT2D eigenvalue weighted by Gasteiger charge is 2.27. The van der Waals surface area contributed by atoms with Gasteiger partial charge in [-0.05, 0) is 44.0 Å². The average molecular weight is 404 g/mol. The second-order valence-electron chi connectivity index (χ2n) is 6.58. The van der Waals surface area contributed by atoms with Crippen LogP contribution in [0.2, 0.25) is 5.02 Å². The van der Waals surface area contributed by atoms with Crippen molar-refractivity contribution in [3.63, 3.8) is 0 Å². The first-order chi connectivity index (χ1) is 13.5. The third kappa shape index (κ3) is 5.16. The third-order valence-corrected chi connectivity index (χ3v) is 4.69. The molecule has 1 N–H and O–H groups in total. The summed E-state index contributed by atoms with van der Waals surface area (Å²) >= 11 is 6.14. The summed E-state index contributed by atoms with van der Waals surface area (Å²) in [6, 6.07) is 12.3. The number of amides is 1. The summed E-state index contributed by atoms with van der Waals surface area (Å²) in [5.41, 5.74) is 1.11. The number of hydrogen-bond donors (Lipinski definition) is 1. The Labute approximate surface area is 168 Å². The average Bonchev–Trinajstić information content (AvgIpc) is 3.51. The zero-order chi connectivity index (χ0) is 20.1. The quantitative estimate of drug-likeness (QED) is 0.679. The normalized spacial score (nSPS) is 14.1. The molecule has 6 nitrogen and oxygen atoms in total. The number of hydrogen-bond acceptors (Lipinski definition) is 5. The number of methoxy groups -OCH3 is 1. The smallest absolute Gasteiger partial charge is 0.339 e. The molecule has 0 bridgehead atoms. The molecule has 0 aliphatic heterocycles. The number of ether oxygens (including phenoxy) is 3. The standard InChI is InChI=1S/C21H22ClNO5/c1-13(20(24)23-16-8-9-16)28-21(25)14-7-10-18(19(11-14)26-2)27-12-15-5-3-4-6-17(15)22/h3-7,10-11,13,16H,8-9,12H2,1-2H3,(H,23,24)/t13-/m1/s1. The molecule has 148 valence electrons. The predicted octanol–water partition coefficient (Wildman–Crippen LogP) is 3.75. The van der Waals surface area contributed by atoms with Crippen molar-refractivity contribution in [2.24, 2.45) is 0 Å². The van der Waals surface area contributed by atoms with Crippen molar-refractivity contribution in [1.82, 2.24) is 5.32 Å². The first-order valence-corrected chi connectivity index (χ1v) is 9.41. The molecule has 0 unspecified atom stereocenters. The number of halogens is 1. The van der Waals surface area contributed by atoms with Crippen LogP contribution in [0.1, 0.15) is 35.7 Å². The van der Waals surface area contributed by atoms with E-state index in [1.165, 1.54) is 13.2 Å². The van der Waals surface area contributed by atoms with Gasteiger partial charge in [-0.1, -0.05) is 29.8 Å². The topological polar surface area (TPSA) is 73.9 Å². The van der Waals surface area contributed by atoms with Crippen molar-refractivity contribution in [2.45, 2.75) is 38.5 Å². The molecule has 0 spiro atoms. The van der Waals surface area contributed by atoms with Crippen LogP contribution < -0.4 is 14.8 Å². The van der Waals surface area contributed by atoms with E-state index in [1.807, 2.05) is 18.2 Å². The lowest BCUT2D eigenvalue weighted by Gasteiger charge is -2.15. The maximum Gasteiger partial charge on any atom is 0.339 e. The van der Waals surface area contributed by atoms with E-state index in [-0.39, 0.29) is 24.1 Å². The van der Waals surface area contributed by atoms with Crippen LogP contribution in [0.25, 0.3) is 0 Å². The molecular formula is C21H22ClNO5. The van der Waals surface area contributed by atoms with Crippen LogP contribution in [0.4, 0.5) is 0 Å². The summed E-state index contributed by atoms with van der Waals surface area (Å²) in [7, 11) is 1.48. The van der Waals surface area contributed by atoms with Crippen molar-refractivity contribution >= 4 is 23.5 Å². The van der Waals surface area contributed by atoms with Gasteiger partial charge >= 0.3 is 5.97 Å². The van der Waals surface area contributed by atoms with Gasteiger partial charge in [-0.15, -0.1) is 0 Å². The number of benzene rings is 2. The number of nitrogens with one attached hydrogen (secondary N) is 1. The van der Waals surface area contributed by atoms with Gasteiger partial charge in [-0.2, -0.15) is 0 Å². The lowest BCUT2D eigenvalue weighted by Crippen LogP contribution is -2.37. The van der Waals surface area contributed by atoms with Gasteiger partial charge in [0.05, 0.1) is 12.7 Å². The molecule has 2 aromatic carbocycles. The lowest BCUT2D eigenvalue weighted by molar-refractivity contribution is -0.129. The molecule has 1 atom stereocenters. The van der Waals surface area contributed by atoms with Gasteiger partial charge in [0.2, 0.25) is 0 Å². The molecule has 2 aromatic rings. The van der Waals surface area contributed by atoms with E-state index in [2.05, 4.69) is 5.32 Å². The monoisotopic (exact) mass is 403 g/mol. The summed E-state index contributed by atoms with van der Waals surface area (Å²) in [6.45, 7) is 1.81. The zero-order valence-corrected chi connectivity index (χ0v) is 16.5. The van der Waals surface area contributed by atoms with Crippen LogP contribution in [-0.4, -0.2) is 31.1 Å². The minimum Gasteiger partial charge on any atom is -0.493 e. The van der Waals surface area contributed by atoms with E-state index in [4.69, 9.17) is 25.8 Å². The molecule has 7 heteroatoms. The summed E-state index contributed by atoms with van der Waals surface area (Å²) in [4.78, 5) is 24.3. The highest BCUT2D eigenvalue weighted by Crippen LogP contribution is 2.30. The Morgan fingerprint density at radius 1 is 1.18 bits per heavy atom. The summed E-state index contributed by atoms with van der Waals surface area (Å²) in [5, 5.41) is 3.42. The molecule has 0 saturated heterocycles. The van der Waals surface area contributed by atoms with Gasteiger partial charge in [-0.3, -0.25) is 4.79 Å². The first kappa shape index (κ1) is 20.0. The van der Waals surface area contributed by atoms with Gasteiger partial charge in [0.1, 0.15) is 6.61 Å². The van der Waals surface area contributed by atoms with E-state index in [0.29, 0.717) is 16.5 Å². The van der Waals surface area contributed by atoms with Crippen molar-refractivity contribution < 1.29 is 23.8 Å². The third-order valence-electron chi connectivity index (χ3n) is 4.32. The summed E-state index contributed by atoms with van der Waals surface area (Å²) in [5.74, 6) is -0.0352. The second kappa shape index (κ2) is 8.97. The van der Waals surface area contributed by atoms with E-state index in [0.717, 1.165) is 18.4 Å². The number of rotatable bonds is 8.